The largest absolute Gasteiger partial charge is 1.00 e. The highest BCUT2D eigenvalue weighted by Crippen LogP contribution is 2.55. The Bertz CT molecular complexity index is 945. The maximum absolute atomic E-state index is 12.7. The molecule has 1 aliphatic heterocycles. The lowest BCUT2D eigenvalue weighted by atomic mass is 9.80. The van der Waals surface area contributed by atoms with E-state index in [1.807, 2.05) is 27.7 Å². The summed E-state index contributed by atoms with van der Waals surface area (Å²) in [6, 6.07) is 33.2. The van der Waals surface area contributed by atoms with Gasteiger partial charge in [0.2, 0.25) is 0 Å². The third-order valence-electron chi connectivity index (χ3n) is 7.39. The fourth-order valence-corrected chi connectivity index (χ4v) is 10.3. The average molecular weight is 570 g/mol. The molecule has 1 radical (unpaired) electrons. The van der Waals surface area contributed by atoms with Crippen molar-refractivity contribution in [3.63, 3.8) is 0 Å². The van der Waals surface area contributed by atoms with Crippen molar-refractivity contribution in [2.24, 2.45) is 0 Å². The number of unbranched alkanes of at least 4 members (excludes halogenated alkanes) is 1. The molecule has 0 N–H and O–H groups in total. The van der Waals surface area contributed by atoms with E-state index in [0.29, 0.717) is 0 Å². The van der Waals surface area contributed by atoms with Crippen molar-refractivity contribution in [1.29, 1.82) is 0 Å². The monoisotopic (exact) mass is 568 g/mol. The highest BCUT2D eigenvalue weighted by Gasteiger charge is 2.47. The molecular weight excluding hydrogens is 529 g/mol. The highest BCUT2D eigenvalue weighted by atomic mass is 79.9. The van der Waals surface area contributed by atoms with Crippen LogP contribution in [0, 0.1) is 0 Å². The van der Waals surface area contributed by atoms with Crippen molar-refractivity contribution < 1.29 is 26.9 Å². The molecule has 1 heterocycles. The smallest absolute Gasteiger partial charge is 0.112 e. The zero-order valence-electron chi connectivity index (χ0n) is 22.1. The van der Waals surface area contributed by atoms with Crippen LogP contribution in [-0.2, 0) is 9.94 Å². The minimum Gasteiger partial charge on any atom is -1.00 e. The molecule has 0 saturated carbocycles. The van der Waals surface area contributed by atoms with E-state index in [1.54, 1.807) is 0 Å². The Balaban J connectivity index is 0.00000361. The number of ether oxygens (including phenoxy) is 1. The molecule has 1 fully saturated rings. The van der Waals surface area contributed by atoms with E-state index in [1.165, 1.54) is 21.0 Å². The van der Waals surface area contributed by atoms with Crippen molar-refractivity contribution in [2.75, 3.05) is 12.8 Å². The van der Waals surface area contributed by atoms with Crippen LogP contribution in [0.25, 0.3) is 0 Å². The van der Waals surface area contributed by atoms with E-state index in [4.69, 9.17) is 4.74 Å². The van der Waals surface area contributed by atoms with Gasteiger partial charge in [0.15, 0.2) is 0 Å². The fraction of sp³-hybridized carbons (Fsp3) is 0.419. The molecule has 3 aromatic rings. The van der Waals surface area contributed by atoms with Crippen LogP contribution in [0.15, 0.2) is 91.0 Å². The third-order valence-corrected chi connectivity index (χ3v) is 11.9. The maximum atomic E-state index is 12.7. The summed E-state index contributed by atoms with van der Waals surface area (Å²) < 4.78 is 6.38. The quantitative estimate of drug-likeness (QED) is 0.293. The first-order valence-electron chi connectivity index (χ1n) is 12.9. The summed E-state index contributed by atoms with van der Waals surface area (Å²) in [5, 5.41) is 18.3. The van der Waals surface area contributed by atoms with Gasteiger partial charge in [-0.25, -0.2) is 0 Å². The van der Waals surface area contributed by atoms with Gasteiger partial charge in [0, 0.05) is 17.7 Å². The Morgan fingerprint density at radius 1 is 0.722 bits per heavy atom. The van der Waals surface area contributed by atoms with Gasteiger partial charge in [-0.05, 0) is 89.8 Å². The molecule has 3 aromatic carbocycles. The standard InChI is InChI=1S/C31H40NO2P.BrH/c1-30(2)24-26(25-31(3,4)32(30)33)34-22-14-15-23-35(27-16-8-5-9-17-27,28-18-10-6-11-19-28)29-20-12-7-13-21-29;/h5-13,16-21,26H,14-15,22-25H2,1-4H3;1H/q+1;/p-1. The van der Waals surface area contributed by atoms with Gasteiger partial charge in [0.05, 0.1) is 12.3 Å². The van der Waals surface area contributed by atoms with Crippen LogP contribution < -0.4 is 32.9 Å². The molecule has 0 spiro atoms. The molecule has 1 aliphatic rings. The van der Waals surface area contributed by atoms with Crippen LogP contribution in [0.5, 0.6) is 0 Å². The molecule has 0 amide bonds. The zero-order chi connectivity index (χ0) is 24.9. The topological polar surface area (TPSA) is 32.4 Å². The van der Waals surface area contributed by atoms with E-state index >= 15 is 0 Å². The average Bonchev–Trinajstić information content (AvgIpc) is 2.86. The van der Waals surface area contributed by atoms with Gasteiger partial charge >= 0.3 is 0 Å². The maximum Gasteiger partial charge on any atom is 0.112 e. The van der Waals surface area contributed by atoms with E-state index < -0.39 is 7.26 Å². The van der Waals surface area contributed by atoms with Crippen LogP contribution in [-0.4, -0.2) is 35.0 Å². The molecule has 0 aliphatic carbocycles. The van der Waals surface area contributed by atoms with Gasteiger partial charge in [-0.1, -0.05) is 54.6 Å². The number of piperidine rings is 1. The molecule has 1 saturated heterocycles. The van der Waals surface area contributed by atoms with Gasteiger partial charge in [0.25, 0.3) is 0 Å². The van der Waals surface area contributed by atoms with Crippen LogP contribution in [0.2, 0.25) is 0 Å². The Morgan fingerprint density at radius 3 is 1.50 bits per heavy atom. The first-order valence-corrected chi connectivity index (χ1v) is 14.9. The summed E-state index contributed by atoms with van der Waals surface area (Å²) in [7, 11) is -1.78. The van der Waals surface area contributed by atoms with E-state index in [2.05, 4.69) is 91.0 Å². The Hall–Kier alpha value is -1.55. The molecule has 0 aromatic heterocycles. The predicted octanol–water partition coefficient (Wildman–Crippen LogP) is 3.15. The molecule has 0 atom stereocenters. The zero-order valence-corrected chi connectivity index (χ0v) is 24.5. The number of hydrogen-bond donors (Lipinski definition) is 0. The Morgan fingerprint density at radius 2 is 1.11 bits per heavy atom. The molecule has 3 nitrogen and oxygen atoms in total. The van der Waals surface area contributed by atoms with Crippen molar-refractivity contribution in [3.8, 4) is 0 Å². The summed E-state index contributed by atoms with van der Waals surface area (Å²) in [6.07, 6.45) is 4.95. The number of rotatable bonds is 9. The molecule has 5 heteroatoms. The second-order valence-electron chi connectivity index (χ2n) is 11.1. The SMILES string of the molecule is CC1(C)CC(OCCCC[P+](c2ccccc2)(c2ccccc2)c2ccccc2)CC(C)(C)N1[O].[Br-]. The molecule has 36 heavy (non-hydrogen) atoms. The van der Waals surface area contributed by atoms with Crippen molar-refractivity contribution >= 4 is 23.2 Å². The van der Waals surface area contributed by atoms with E-state index in [9.17, 15) is 5.21 Å². The Labute approximate surface area is 229 Å². The van der Waals surface area contributed by atoms with Crippen LogP contribution >= 0.6 is 7.26 Å². The molecule has 4 rings (SSSR count). The van der Waals surface area contributed by atoms with Crippen LogP contribution in [0.3, 0.4) is 0 Å². The molecule has 0 bridgehead atoms. The highest BCUT2D eigenvalue weighted by molar-refractivity contribution is 7.95. The summed E-state index contributed by atoms with van der Waals surface area (Å²) in [5.41, 5.74) is -0.776. The van der Waals surface area contributed by atoms with Gasteiger partial charge in [-0.15, -0.1) is 10.3 Å². The van der Waals surface area contributed by atoms with E-state index in [0.717, 1.165) is 38.5 Å². The fourth-order valence-electron chi connectivity index (χ4n) is 5.87. The van der Waals surface area contributed by atoms with Crippen LogP contribution in [0.4, 0.5) is 0 Å². The van der Waals surface area contributed by atoms with Gasteiger partial charge < -0.3 is 21.7 Å². The molecule has 0 unspecified atom stereocenters. The van der Waals surface area contributed by atoms with Gasteiger partial charge in [0.1, 0.15) is 23.2 Å². The summed E-state index contributed by atoms with van der Waals surface area (Å²) >= 11 is 0. The number of hydrogen-bond acceptors (Lipinski definition) is 2. The van der Waals surface area contributed by atoms with Gasteiger partial charge in [-0.3, -0.25) is 0 Å². The number of hydroxylamine groups is 2. The number of halogens is 1. The lowest BCUT2D eigenvalue weighted by Crippen LogP contribution is -3.00. The minimum atomic E-state index is -1.78. The second kappa shape index (κ2) is 12.3. The second-order valence-corrected chi connectivity index (χ2v) is 14.7. The van der Waals surface area contributed by atoms with Crippen molar-refractivity contribution in [2.45, 2.75) is 70.6 Å². The lowest BCUT2D eigenvalue weighted by Gasteiger charge is -2.49. The number of benzene rings is 3. The Kier molecular flexibility index (Phi) is 9.94. The number of nitrogens with zero attached hydrogens (tertiary/aromatic N) is 1. The summed E-state index contributed by atoms with van der Waals surface area (Å²) in [5.74, 6) is 0. The molecular formula is C31H40BrNO2P. The van der Waals surface area contributed by atoms with Crippen LogP contribution in [0.1, 0.15) is 53.4 Å². The summed E-state index contributed by atoms with van der Waals surface area (Å²) in [4.78, 5) is 0. The first kappa shape index (κ1) is 29.0. The van der Waals surface area contributed by atoms with Crippen molar-refractivity contribution in [1.82, 2.24) is 5.06 Å². The van der Waals surface area contributed by atoms with Crippen molar-refractivity contribution in [3.05, 3.63) is 91.0 Å². The predicted molar refractivity (Wildman–Crippen MR) is 149 cm³/mol. The summed E-state index contributed by atoms with van der Waals surface area (Å²) in [6.45, 7) is 8.89. The van der Waals surface area contributed by atoms with E-state index in [-0.39, 0.29) is 34.2 Å². The normalized spacial score (nSPS) is 17.9. The minimum absolute atomic E-state index is 0. The first-order chi connectivity index (χ1) is 16.8. The van der Waals surface area contributed by atoms with Gasteiger partial charge in [-0.2, -0.15) is 0 Å². The third kappa shape index (κ3) is 6.29. The lowest BCUT2D eigenvalue weighted by molar-refractivity contribution is -0.301. The molecule has 193 valence electrons.